The molecule has 3 atom stereocenters. The number of rotatable bonds is 5. The number of halogens is 1. The topological polar surface area (TPSA) is 103 Å². The van der Waals surface area contributed by atoms with Gasteiger partial charge in [-0.25, -0.2) is 9.07 Å². The summed E-state index contributed by atoms with van der Waals surface area (Å²) in [6, 6.07) is 14.1. The standard InChI is InChI=1S/C27H25FN8O2/c1-16-24(30-26(37)22-11-13-34(3)32-22)25(21-10-12-33(2)31-21)35(27(16)38)20-8-9-23-17(14-20)15-29-36(23)19-6-4-18(28)5-7-19/h4-16,24-25H,1-3H3,(H,30,37). The second-order valence-electron chi connectivity index (χ2n) is 9.51. The molecule has 1 aliphatic rings. The van der Waals surface area contributed by atoms with Gasteiger partial charge in [0.2, 0.25) is 5.91 Å². The molecule has 4 heterocycles. The fourth-order valence-electron chi connectivity index (χ4n) is 5.06. The average Bonchev–Trinajstić information content (AvgIpc) is 3.68. The zero-order valence-corrected chi connectivity index (χ0v) is 21.0. The number of carbonyl (C=O) groups is 2. The van der Waals surface area contributed by atoms with Crippen LogP contribution in [0.15, 0.2) is 73.2 Å². The number of amides is 2. The van der Waals surface area contributed by atoms with Crippen molar-refractivity contribution in [2.24, 2.45) is 20.0 Å². The van der Waals surface area contributed by atoms with Crippen molar-refractivity contribution in [1.82, 2.24) is 34.7 Å². The Morgan fingerprint density at radius 1 is 0.947 bits per heavy atom. The third kappa shape index (κ3) is 3.92. The van der Waals surface area contributed by atoms with Crippen LogP contribution in [0.25, 0.3) is 16.6 Å². The first-order chi connectivity index (χ1) is 18.3. The van der Waals surface area contributed by atoms with Crippen molar-refractivity contribution in [3.63, 3.8) is 0 Å². The van der Waals surface area contributed by atoms with Gasteiger partial charge in [-0.1, -0.05) is 6.92 Å². The van der Waals surface area contributed by atoms with Gasteiger partial charge in [0.05, 0.1) is 35.1 Å². The van der Waals surface area contributed by atoms with Gasteiger partial charge in [0.15, 0.2) is 0 Å². The molecule has 3 unspecified atom stereocenters. The molecule has 6 rings (SSSR count). The molecule has 11 heteroatoms. The van der Waals surface area contributed by atoms with Crippen LogP contribution in [0.5, 0.6) is 0 Å². The van der Waals surface area contributed by atoms with Crippen molar-refractivity contribution in [3.05, 3.63) is 90.4 Å². The Labute approximate surface area is 217 Å². The van der Waals surface area contributed by atoms with Crippen LogP contribution in [0.2, 0.25) is 0 Å². The Hall–Kier alpha value is -4.80. The molecule has 0 bridgehead atoms. The van der Waals surface area contributed by atoms with Gasteiger partial charge in [0, 0.05) is 37.6 Å². The number of nitrogens with zero attached hydrogens (tertiary/aromatic N) is 7. The van der Waals surface area contributed by atoms with Gasteiger partial charge in [-0.05, 0) is 54.6 Å². The highest BCUT2D eigenvalue weighted by atomic mass is 19.1. The molecule has 2 amide bonds. The average molecular weight is 513 g/mol. The molecular formula is C27H25FN8O2. The highest BCUT2D eigenvalue weighted by molar-refractivity contribution is 6.02. The van der Waals surface area contributed by atoms with E-state index in [4.69, 9.17) is 0 Å². The number of hydrogen-bond donors (Lipinski definition) is 1. The van der Waals surface area contributed by atoms with E-state index >= 15 is 0 Å². The quantitative estimate of drug-likeness (QED) is 0.390. The molecule has 192 valence electrons. The zero-order chi connectivity index (χ0) is 26.6. The minimum atomic E-state index is -0.537. The minimum Gasteiger partial charge on any atom is -0.345 e. The first kappa shape index (κ1) is 23.6. The summed E-state index contributed by atoms with van der Waals surface area (Å²) >= 11 is 0. The van der Waals surface area contributed by atoms with Gasteiger partial charge in [0.25, 0.3) is 5.91 Å². The van der Waals surface area contributed by atoms with E-state index in [2.05, 4.69) is 20.6 Å². The molecule has 0 saturated carbocycles. The van der Waals surface area contributed by atoms with Crippen LogP contribution in [0.1, 0.15) is 29.1 Å². The Morgan fingerprint density at radius 2 is 1.66 bits per heavy atom. The van der Waals surface area contributed by atoms with E-state index in [0.29, 0.717) is 11.4 Å². The van der Waals surface area contributed by atoms with E-state index < -0.39 is 18.0 Å². The van der Waals surface area contributed by atoms with Crippen molar-refractivity contribution in [3.8, 4) is 5.69 Å². The van der Waals surface area contributed by atoms with E-state index in [9.17, 15) is 14.0 Å². The number of fused-ring (bicyclic) bond motifs is 1. The van der Waals surface area contributed by atoms with Gasteiger partial charge < -0.3 is 10.2 Å². The first-order valence-corrected chi connectivity index (χ1v) is 12.2. The maximum absolute atomic E-state index is 13.7. The smallest absolute Gasteiger partial charge is 0.272 e. The van der Waals surface area contributed by atoms with Crippen LogP contribution in [0.3, 0.4) is 0 Å². The van der Waals surface area contributed by atoms with Gasteiger partial charge in [0.1, 0.15) is 17.6 Å². The summed E-state index contributed by atoms with van der Waals surface area (Å²) in [4.78, 5) is 28.4. The number of aryl methyl sites for hydroxylation is 2. The SMILES string of the molecule is CC1C(=O)N(c2ccc3c(cnn3-c3ccc(F)cc3)c2)C(c2ccn(C)n2)C1NC(=O)c1ccn(C)n1. The fraction of sp³-hybridized carbons (Fsp3) is 0.222. The van der Waals surface area contributed by atoms with Crippen molar-refractivity contribution in [2.45, 2.75) is 19.0 Å². The van der Waals surface area contributed by atoms with E-state index in [1.54, 1.807) is 56.6 Å². The molecule has 1 fully saturated rings. The zero-order valence-electron chi connectivity index (χ0n) is 21.0. The summed E-state index contributed by atoms with van der Waals surface area (Å²) in [6.45, 7) is 1.81. The van der Waals surface area contributed by atoms with Crippen molar-refractivity contribution >= 4 is 28.4 Å². The Bertz CT molecular complexity index is 1670. The van der Waals surface area contributed by atoms with E-state index in [-0.39, 0.29) is 23.3 Å². The molecule has 1 aliphatic heterocycles. The van der Waals surface area contributed by atoms with Gasteiger partial charge in [-0.3, -0.25) is 19.0 Å². The summed E-state index contributed by atoms with van der Waals surface area (Å²) < 4.78 is 18.4. The van der Waals surface area contributed by atoms with E-state index in [1.807, 2.05) is 44.4 Å². The molecule has 5 aromatic rings. The number of anilines is 1. The van der Waals surface area contributed by atoms with Gasteiger partial charge >= 0.3 is 0 Å². The largest absolute Gasteiger partial charge is 0.345 e. The lowest BCUT2D eigenvalue weighted by atomic mass is 9.97. The Morgan fingerprint density at radius 3 is 2.34 bits per heavy atom. The summed E-state index contributed by atoms with van der Waals surface area (Å²) in [6.07, 6.45) is 5.22. The number of aromatic nitrogens is 6. The number of benzene rings is 2. The second-order valence-corrected chi connectivity index (χ2v) is 9.51. The molecule has 1 N–H and O–H groups in total. The molecule has 3 aromatic heterocycles. The molecular weight excluding hydrogens is 487 g/mol. The fourth-order valence-corrected chi connectivity index (χ4v) is 5.06. The third-order valence-corrected chi connectivity index (χ3v) is 6.97. The number of hydrogen-bond acceptors (Lipinski definition) is 5. The predicted octanol–water partition coefficient (Wildman–Crippen LogP) is 3.15. The van der Waals surface area contributed by atoms with Gasteiger partial charge in [-0.15, -0.1) is 0 Å². The molecule has 38 heavy (non-hydrogen) atoms. The highest BCUT2D eigenvalue weighted by Gasteiger charge is 2.49. The summed E-state index contributed by atoms with van der Waals surface area (Å²) in [7, 11) is 3.55. The predicted molar refractivity (Wildman–Crippen MR) is 138 cm³/mol. The van der Waals surface area contributed by atoms with E-state index in [0.717, 1.165) is 16.6 Å². The molecule has 10 nitrogen and oxygen atoms in total. The van der Waals surface area contributed by atoms with Crippen LogP contribution in [-0.2, 0) is 18.9 Å². The molecule has 0 radical (unpaired) electrons. The van der Waals surface area contributed by atoms with E-state index in [1.165, 1.54) is 12.1 Å². The normalized spacial score (nSPS) is 19.4. The molecule has 1 saturated heterocycles. The van der Waals surface area contributed by atoms with Crippen LogP contribution < -0.4 is 10.2 Å². The lowest BCUT2D eigenvalue weighted by Gasteiger charge is -2.27. The third-order valence-electron chi connectivity index (χ3n) is 6.97. The summed E-state index contributed by atoms with van der Waals surface area (Å²) in [5.74, 6) is -1.31. The van der Waals surface area contributed by atoms with Gasteiger partial charge in [-0.2, -0.15) is 15.3 Å². The maximum Gasteiger partial charge on any atom is 0.272 e. The summed E-state index contributed by atoms with van der Waals surface area (Å²) in [5.41, 5.74) is 3.15. The lowest BCUT2D eigenvalue weighted by Crippen LogP contribution is -2.42. The summed E-state index contributed by atoms with van der Waals surface area (Å²) in [5, 5.41) is 17.1. The number of nitrogens with one attached hydrogen (secondary N) is 1. The molecule has 2 aromatic carbocycles. The monoisotopic (exact) mass is 512 g/mol. The van der Waals surface area contributed by atoms with Crippen molar-refractivity contribution < 1.29 is 14.0 Å². The molecule has 0 aliphatic carbocycles. The highest BCUT2D eigenvalue weighted by Crippen LogP contribution is 2.40. The lowest BCUT2D eigenvalue weighted by molar-refractivity contribution is -0.120. The van der Waals surface area contributed by atoms with Crippen LogP contribution in [0, 0.1) is 11.7 Å². The number of carbonyl (C=O) groups excluding carboxylic acids is 2. The Kier molecular flexibility index (Phi) is 5.55. The maximum atomic E-state index is 13.7. The van der Waals surface area contributed by atoms with Crippen LogP contribution in [-0.4, -0.2) is 47.2 Å². The van der Waals surface area contributed by atoms with Crippen molar-refractivity contribution in [2.75, 3.05) is 4.90 Å². The van der Waals surface area contributed by atoms with Crippen LogP contribution in [0.4, 0.5) is 10.1 Å². The molecule has 0 spiro atoms. The van der Waals surface area contributed by atoms with Crippen LogP contribution >= 0.6 is 0 Å². The first-order valence-electron chi connectivity index (χ1n) is 12.2. The second kappa shape index (κ2) is 8.94. The minimum absolute atomic E-state index is 0.128. The van der Waals surface area contributed by atoms with Crippen molar-refractivity contribution in [1.29, 1.82) is 0 Å². The Balaban J connectivity index is 1.39.